The maximum absolute atomic E-state index is 12.0. The van der Waals surface area contributed by atoms with Gasteiger partial charge in [0, 0.05) is 30.9 Å². The molecule has 0 aliphatic heterocycles. The number of amides is 1. The van der Waals surface area contributed by atoms with E-state index in [4.69, 9.17) is 5.84 Å². The second-order valence-corrected chi connectivity index (χ2v) is 3.96. The Morgan fingerprint density at radius 2 is 2.20 bits per heavy atom. The molecule has 104 valence electrons. The van der Waals surface area contributed by atoms with Crippen LogP contribution in [-0.2, 0) is 7.05 Å². The van der Waals surface area contributed by atoms with E-state index in [9.17, 15) is 14.9 Å². The number of carbonyl (C=O) groups is 1. The van der Waals surface area contributed by atoms with Crippen molar-refractivity contribution in [2.45, 2.75) is 0 Å². The Morgan fingerprint density at radius 3 is 2.75 bits per heavy atom. The molecule has 0 fully saturated rings. The largest absolute Gasteiger partial charge is 0.318 e. The molecule has 1 aromatic carbocycles. The monoisotopic (exact) mass is 276 g/mol. The van der Waals surface area contributed by atoms with E-state index >= 15 is 0 Å². The molecule has 9 nitrogen and oxygen atoms in total. The third-order valence-corrected chi connectivity index (χ3v) is 2.57. The van der Waals surface area contributed by atoms with Gasteiger partial charge < -0.3 is 10.7 Å². The summed E-state index contributed by atoms with van der Waals surface area (Å²) in [5.41, 5.74) is 2.20. The SMILES string of the molecule is Cn1ccc(NC(=O)c2ccc(NN)c([N+](=O)[O-])c2)n1. The summed E-state index contributed by atoms with van der Waals surface area (Å²) in [5, 5.41) is 17.4. The number of nitrogens with one attached hydrogen (secondary N) is 2. The van der Waals surface area contributed by atoms with E-state index in [0.29, 0.717) is 5.82 Å². The topological polar surface area (TPSA) is 128 Å². The normalized spacial score (nSPS) is 10.1. The quantitative estimate of drug-likeness (QED) is 0.431. The molecular weight excluding hydrogens is 264 g/mol. The van der Waals surface area contributed by atoms with Gasteiger partial charge in [0.25, 0.3) is 11.6 Å². The number of aryl methyl sites for hydroxylation is 1. The number of aromatic nitrogens is 2. The molecule has 0 aliphatic rings. The molecule has 20 heavy (non-hydrogen) atoms. The minimum absolute atomic E-state index is 0.129. The van der Waals surface area contributed by atoms with Gasteiger partial charge in [-0.3, -0.25) is 25.4 Å². The van der Waals surface area contributed by atoms with Crippen molar-refractivity contribution in [2.75, 3.05) is 10.7 Å². The van der Waals surface area contributed by atoms with Crippen LogP contribution < -0.4 is 16.6 Å². The lowest BCUT2D eigenvalue weighted by Crippen LogP contribution is -2.14. The van der Waals surface area contributed by atoms with Gasteiger partial charge in [0.1, 0.15) is 5.69 Å². The van der Waals surface area contributed by atoms with Crippen molar-refractivity contribution in [3.8, 4) is 0 Å². The van der Waals surface area contributed by atoms with Crippen molar-refractivity contribution in [1.29, 1.82) is 0 Å². The first kappa shape index (κ1) is 13.5. The van der Waals surface area contributed by atoms with Crippen molar-refractivity contribution in [3.05, 3.63) is 46.1 Å². The van der Waals surface area contributed by atoms with Crippen LogP contribution in [0.1, 0.15) is 10.4 Å². The standard InChI is InChI=1S/C11H12N6O3/c1-16-5-4-10(15-16)13-11(18)7-2-3-8(14-12)9(6-7)17(19)20/h2-6,14H,12H2,1H3,(H,13,15,18). The molecule has 9 heteroatoms. The third kappa shape index (κ3) is 2.72. The summed E-state index contributed by atoms with van der Waals surface area (Å²) >= 11 is 0. The van der Waals surface area contributed by atoms with E-state index in [1.54, 1.807) is 19.3 Å². The Morgan fingerprint density at radius 1 is 1.45 bits per heavy atom. The molecule has 2 rings (SSSR count). The summed E-state index contributed by atoms with van der Waals surface area (Å²) in [5.74, 6) is 5.04. The molecule has 1 heterocycles. The molecule has 0 saturated heterocycles. The van der Waals surface area contributed by atoms with E-state index in [2.05, 4.69) is 15.8 Å². The maximum atomic E-state index is 12.0. The summed E-state index contributed by atoms with van der Waals surface area (Å²) < 4.78 is 1.53. The smallest absolute Gasteiger partial charge is 0.294 e. The van der Waals surface area contributed by atoms with Crippen molar-refractivity contribution in [3.63, 3.8) is 0 Å². The highest BCUT2D eigenvalue weighted by atomic mass is 16.6. The number of hydrogen-bond donors (Lipinski definition) is 3. The Kier molecular flexibility index (Phi) is 3.62. The summed E-state index contributed by atoms with van der Waals surface area (Å²) in [4.78, 5) is 22.2. The number of nitrogens with zero attached hydrogens (tertiary/aromatic N) is 3. The maximum Gasteiger partial charge on any atom is 0.294 e. The molecule has 1 aromatic heterocycles. The van der Waals surface area contributed by atoms with Crippen LogP contribution >= 0.6 is 0 Å². The van der Waals surface area contributed by atoms with E-state index in [1.165, 1.54) is 16.8 Å². The average molecular weight is 276 g/mol. The lowest BCUT2D eigenvalue weighted by atomic mass is 10.1. The number of rotatable bonds is 4. The number of nitro groups is 1. The first-order chi connectivity index (χ1) is 9.51. The lowest BCUT2D eigenvalue weighted by molar-refractivity contribution is -0.384. The van der Waals surface area contributed by atoms with Crippen LogP contribution in [0.4, 0.5) is 17.2 Å². The minimum Gasteiger partial charge on any atom is -0.318 e. The van der Waals surface area contributed by atoms with Crippen molar-refractivity contribution >= 4 is 23.1 Å². The molecule has 0 saturated carbocycles. The zero-order chi connectivity index (χ0) is 14.7. The molecule has 0 atom stereocenters. The summed E-state index contributed by atoms with van der Waals surface area (Å²) in [7, 11) is 1.71. The molecule has 0 aliphatic carbocycles. The highest BCUT2D eigenvalue weighted by molar-refractivity contribution is 6.04. The molecule has 0 unspecified atom stereocenters. The number of nitrogens with two attached hydrogens (primary N) is 1. The van der Waals surface area contributed by atoms with Gasteiger partial charge in [0.15, 0.2) is 5.82 Å². The van der Waals surface area contributed by atoms with Gasteiger partial charge in [-0.15, -0.1) is 0 Å². The minimum atomic E-state index is -0.618. The fourth-order valence-electron chi connectivity index (χ4n) is 1.62. The number of hydrogen-bond acceptors (Lipinski definition) is 6. The number of carbonyl (C=O) groups excluding carboxylic acids is 1. The Labute approximate surface area is 113 Å². The fraction of sp³-hybridized carbons (Fsp3) is 0.0909. The number of benzene rings is 1. The fourth-order valence-corrected chi connectivity index (χ4v) is 1.62. The molecule has 0 bridgehead atoms. The third-order valence-electron chi connectivity index (χ3n) is 2.57. The zero-order valence-corrected chi connectivity index (χ0v) is 10.5. The van der Waals surface area contributed by atoms with E-state index < -0.39 is 10.8 Å². The predicted octanol–water partition coefficient (Wildman–Crippen LogP) is 0.866. The molecule has 0 spiro atoms. The van der Waals surface area contributed by atoms with E-state index in [1.807, 2.05) is 0 Å². The molecule has 2 aromatic rings. The second kappa shape index (κ2) is 5.36. The van der Waals surface area contributed by atoms with E-state index in [0.717, 1.165) is 6.07 Å². The number of nitro benzene ring substituents is 1. The zero-order valence-electron chi connectivity index (χ0n) is 10.5. The van der Waals surface area contributed by atoms with Gasteiger partial charge in [0.2, 0.25) is 0 Å². The van der Waals surface area contributed by atoms with Gasteiger partial charge in [-0.05, 0) is 12.1 Å². The van der Waals surface area contributed by atoms with Crippen molar-refractivity contribution in [2.24, 2.45) is 12.9 Å². The van der Waals surface area contributed by atoms with Gasteiger partial charge in [-0.25, -0.2) is 0 Å². The molecule has 4 N–H and O–H groups in total. The van der Waals surface area contributed by atoms with Crippen LogP contribution in [0.15, 0.2) is 30.5 Å². The van der Waals surface area contributed by atoms with Gasteiger partial charge in [-0.2, -0.15) is 5.10 Å². The number of hydrazine groups is 1. The second-order valence-electron chi connectivity index (χ2n) is 3.96. The Hall–Kier alpha value is -2.94. The van der Waals surface area contributed by atoms with Crippen molar-refractivity contribution < 1.29 is 9.72 Å². The van der Waals surface area contributed by atoms with Crippen LogP contribution in [-0.4, -0.2) is 20.6 Å². The van der Waals surface area contributed by atoms with Crippen LogP contribution in [0.25, 0.3) is 0 Å². The van der Waals surface area contributed by atoms with Crippen LogP contribution in [0.3, 0.4) is 0 Å². The highest BCUT2D eigenvalue weighted by Crippen LogP contribution is 2.24. The number of anilines is 2. The van der Waals surface area contributed by atoms with Gasteiger partial charge in [0.05, 0.1) is 4.92 Å². The van der Waals surface area contributed by atoms with Gasteiger partial charge in [-0.1, -0.05) is 0 Å². The Bertz CT molecular complexity index is 666. The Balaban J connectivity index is 2.26. The predicted molar refractivity (Wildman–Crippen MR) is 72.1 cm³/mol. The molecular formula is C11H12N6O3. The average Bonchev–Trinajstić information content (AvgIpc) is 2.83. The van der Waals surface area contributed by atoms with Gasteiger partial charge >= 0.3 is 0 Å². The summed E-state index contributed by atoms with van der Waals surface area (Å²) in [6, 6.07) is 5.56. The highest BCUT2D eigenvalue weighted by Gasteiger charge is 2.17. The van der Waals surface area contributed by atoms with E-state index in [-0.39, 0.29) is 16.9 Å². The summed E-state index contributed by atoms with van der Waals surface area (Å²) in [6.07, 6.45) is 1.67. The van der Waals surface area contributed by atoms with Crippen LogP contribution in [0, 0.1) is 10.1 Å². The molecule has 1 amide bonds. The van der Waals surface area contributed by atoms with Crippen LogP contribution in [0.5, 0.6) is 0 Å². The van der Waals surface area contributed by atoms with Crippen molar-refractivity contribution in [1.82, 2.24) is 9.78 Å². The lowest BCUT2D eigenvalue weighted by Gasteiger charge is -2.05. The first-order valence-corrected chi connectivity index (χ1v) is 5.57. The first-order valence-electron chi connectivity index (χ1n) is 5.57. The van der Waals surface area contributed by atoms with Crippen LogP contribution in [0.2, 0.25) is 0 Å². The summed E-state index contributed by atoms with van der Waals surface area (Å²) in [6.45, 7) is 0. The number of nitrogen functional groups attached to an aromatic ring is 1. The molecule has 0 radical (unpaired) electrons.